The highest BCUT2D eigenvalue weighted by atomic mass is 32.2. The van der Waals surface area contributed by atoms with Gasteiger partial charge in [0.05, 0.1) is 17.7 Å². The van der Waals surface area contributed by atoms with E-state index in [0.717, 1.165) is 27.6 Å². The second kappa shape index (κ2) is 15.2. The second-order valence-electron chi connectivity index (χ2n) is 10.2. The molecule has 2 amide bonds. The molecule has 0 aromatic heterocycles. The number of carbonyl (C=O) groups is 2. The molecule has 1 N–H and O–H groups in total. The van der Waals surface area contributed by atoms with Crippen molar-refractivity contribution >= 4 is 27.5 Å². The molecule has 0 aliphatic heterocycles. The number of nitrogens with zero attached hydrogens (tertiary/aromatic N) is 2. The summed E-state index contributed by atoms with van der Waals surface area (Å²) in [5, 5.41) is 2.91. The van der Waals surface area contributed by atoms with E-state index in [2.05, 4.69) is 5.32 Å². The summed E-state index contributed by atoms with van der Waals surface area (Å²) in [4.78, 5) is 29.3. The zero-order chi connectivity index (χ0) is 31.5. The summed E-state index contributed by atoms with van der Waals surface area (Å²) in [6.07, 6.45) is 0.922. The molecule has 8 nitrogen and oxygen atoms in total. The summed E-state index contributed by atoms with van der Waals surface area (Å²) in [7, 11) is -2.84. The number of rotatable bonds is 14. The molecule has 10 heteroatoms. The fourth-order valence-corrected chi connectivity index (χ4v) is 6.13. The van der Waals surface area contributed by atoms with Gasteiger partial charge in [-0.05, 0) is 66.1 Å². The lowest BCUT2D eigenvalue weighted by molar-refractivity contribution is -0.140. The number of nitrogens with one attached hydrogen (secondary N) is 1. The van der Waals surface area contributed by atoms with Crippen molar-refractivity contribution in [1.82, 2.24) is 10.2 Å². The molecule has 0 fully saturated rings. The molecular weight excluding hydrogens is 581 g/mol. The van der Waals surface area contributed by atoms with Crippen molar-refractivity contribution in [1.29, 1.82) is 0 Å². The van der Waals surface area contributed by atoms with Gasteiger partial charge in [-0.1, -0.05) is 67.6 Å². The number of hydrogen-bond acceptors (Lipinski definition) is 5. The summed E-state index contributed by atoms with van der Waals surface area (Å²) in [6, 6.07) is 28.3. The third-order valence-corrected chi connectivity index (χ3v) is 8.85. The molecule has 0 heterocycles. The van der Waals surface area contributed by atoms with Gasteiger partial charge in [0.2, 0.25) is 11.8 Å². The third kappa shape index (κ3) is 8.23. The Balaban J connectivity index is 1.77. The van der Waals surface area contributed by atoms with Crippen LogP contribution in [0.5, 0.6) is 5.75 Å². The fourth-order valence-electron chi connectivity index (χ4n) is 4.71. The zero-order valence-electron chi connectivity index (χ0n) is 24.7. The van der Waals surface area contributed by atoms with Crippen LogP contribution in [0.15, 0.2) is 114 Å². The third-order valence-electron chi connectivity index (χ3n) is 7.06. The van der Waals surface area contributed by atoms with Gasteiger partial charge in [-0.2, -0.15) is 0 Å². The standard InChI is InChI=1S/C34H36FN3O5S/c1-3-22-36-34(40)32(23-26-10-6-4-7-11-26)37(24-27-12-8-5-9-13-27)33(39)25-38(29-16-14-28(35)15-17-29)44(41,42)31-20-18-30(43-2)19-21-31/h4-21,32H,3,22-25H2,1-2H3,(H,36,40). The minimum Gasteiger partial charge on any atom is -0.497 e. The minimum absolute atomic E-state index is 0.0660. The quantitative estimate of drug-likeness (QED) is 0.210. The Hall–Kier alpha value is -4.70. The smallest absolute Gasteiger partial charge is 0.264 e. The van der Waals surface area contributed by atoms with Crippen molar-refractivity contribution in [2.75, 3.05) is 24.5 Å². The highest BCUT2D eigenvalue weighted by Crippen LogP contribution is 2.26. The summed E-state index contributed by atoms with van der Waals surface area (Å²) >= 11 is 0. The maximum atomic E-state index is 14.3. The lowest BCUT2D eigenvalue weighted by Gasteiger charge is -2.34. The first-order chi connectivity index (χ1) is 21.2. The summed E-state index contributed by atoms with van der Waals surface area (Å²) in [5.74, 6) is -1.03. The van der Waals surface area contributed by atoms with E-state index in [9.17, 15) is 22.4 Å². The monoisotopic (exact) mass is 617 g/mol. The molecule has 0 saturated carbocycles. The van der Waals surface area contributed by atoms with Gasteiger partial charge >= 0.3 is 0 Å². The van der Waals surface area contributed by atoms with E-state index >= 15 is 0 Å². The Bertz CT molecular complexity index is 1620. The number of benzene rings is 4. The number of halogens is 1. The SMILES string of the molecule is CCCNC(=O)C(Cc1ccccc1)N(Cc1ccccc1)C(=O)CN(c1ccc(F)cc1)S(=O)(=O)c1ccc(OC)cc1. The number of hydrogen-bond donors (Lipinski definition) is 1. The molecule has 44 heavy (non-hydrogen) atoms. The lowest BCUT2D eigenvalue weighted by atomic mass is 10.0. The van der Waals surface area contributed by atoms with Crippen LogP contribution in [0.4, 0.5) is 10.1 Å². The maximum Gasteiger partial charge on any atom is 0.264 e. The number of carbonyl (C=O) groups excluding carboxylic acids is 2. The van der Waals surface area contributed by atoms with Crippen molar-refractivity contribution in [2.45, 2.75) is 37.2 Å². The van der Waals surface area contributed by atoms with Gasteiger partial charge < -0.3 is 15.0 Å². The van der Waals surface area contributed by atoms with Gasteiger partial charge in [0, 0.05) is 19.5 Å². The van der Waals surface area contributed by atoms with E-state index in [0.29, 0.717) is 18.7 Å². The van der Waals surface area contributed by atoms with Gasteiger partial charge in [0.1, 0.15) is 24.2 Å². The topological polar surface area (TPSA) is 96.0 Å². The molecule has 0 radical (unpaired) electrons. The molecular formula is C34H36FN3O5S. The molecule has 4 rings (SSSR count). The molecule has 230 valence electrons. The highest BCUT2D eigenvalue weighted by Gasteiger charge is 2.34. The van der Waals surface area contributed by atoms with Gasteiger partial charge in [0.15, 0.2) is 0 Å². The van der Waals surface area contributed by atoms with Crippen LogP contribution in [0.1, 0.15) is 24.5 Å². The van der Waals surface area contributed by atoms with Crippen molar-refractivity contribution in [3.05, 3.63) is 126 Å². The molecule has 0 saturated heterocycles. The van der Waals surface area contributed by atoms with Crippen LogP contribution in [0.3, 0.4) is 0 Å². The lowest BCUT2D eigenvalue weighted by Crippen LogP contribution is -2.53. The Labute approximate surface area is 258 Å². The number of anilines is 1. The largest absolute Gasteiger partial charge is 0.497 e. The van der Waals surface area contributed by atoms with Gasteiger partial charge in [-0.15, -0.1) is 0 Å². The first-order valence-electron chi connectivity index (χ1n) is 14.3. The Morgan fingerprint density at radius 1 is 0.841 bits per heavy atom. The highest BCUT2D eigenvalue weighted by molar-refractivity contribution is 7.92. The summed E-state index contributed by atoms with van der Waals surface area (Å²) in [5.41, 5.74) is 1.72. The van der Waals surface area contributed by atoms with Gasteiger partial charge in [-0.25, -0.2) is 12.8 Å². The number of methoxy groups -OCH3 is 1. The minimum atomic E-state index is -4.31. The average molecular weight is 618 g/mol. The molecule has 0 spiro atoms. The van der Waals surface area contributed by atoms with Crippen LogP contribution in [0, 0.1) is 5.82 Å². The first kappa shape index (κ1) is 32.2. The normalized spacial score (nSPS) is 11.8. The Morgan fingerprint density at radius 2 is 1.43 bits per heavy atom. The molecule has 0 aliphatic rings. The molecule has 4 aromatic rings. The number of ether oxygens (including phenoxy) is 1. The molecule has 1 atom stereocenters. The second-order valence-corrected chi connectivity index (χ2v) is 12.0. The summed E-state index contributed by atoms with van der Waals surface area (Å²) < 4.78 is 48.0. The van der Waals surface area contributed by atoms with E-state index < -0.39 is 34.3 Å². The van der Waals surface area contributed by atoms with Crippen molar-refractivity contribution in [3.8, 4) is 5.75 Å². The number of amides is 2. The fraction of sp³-hybridized carbons (Fsp3) is 0.235. The van der Waals surface area contributed by atoms with E-state index in [1.165, 1.54) is 48.4 Å². The van der Waals surface area contributed by atoms with Crippen LogP contribution < -0.4 is 14.4 Å². The zero-order valence-corrected chi connectivity index (χ0v) is 25.5. The van der Waals surface area contributed by atoms with Gasteiger partial charge in [-0.3, -0.25) is 13.9 Å². The molecule has 0 aliphatic carbocycles. The van der Waals surface area contributed by atoms with E-state index in [1.54, 1.807) is 0 Å². The van der Waals surface area contributed by atoms with Crippen molar-refractivity contribution < 1.29 is 27.1 Å². The maximum absolute atomic E-state index is 14.3. The average Bonchev–Trinajstić information content (AvgIpc) is 3.05. The van der Waals surface area contributed by atoms with E-state index in [-0.39, 0.29) is 29.5 Å². The predicted octanol–water partition coefficient (Wildman–Crippen LogP) is 5.20. The van der Waals surface area contributed by atoms with Crippen LogP contribution in [0.2, 0.25) is 0 Å². The molecule has 0 bridgehead atoms. The molecule has 4 aromatic carbocycles. The van der Waals surface area contributed by atoms with Crippen LogP contribution in [-0.4, -0.2) is 51.4 Å². The van der Waals surface area contributed by atoms with Crippen LogP contribution >= 0.6 is 0 Å². The first-order valence-corrected chi connectivity index (χ1v) is 15.7. The summed E-state index contributed by atoms with van der Waals surface area (Å²) in [6.45, 7) is 1.80. The van der Waals surface area contributed by atoms with Crippen molar-refractivity contribution in [2.24, 2.45) is 0 Å². The van der Waals surface area contributed by atoms with Crippen LogP contribution in [-0.2, 0) is 32.6 Å². The number of sulfonamides is 1. The van der Waals surface area contributed by atoms with Crippen molar-refractivity contribution in [3.63, 3.8) is 0 Å². The van der Waals surface area contributed by atoms with Crippen LogP contribution in [0.25, 0.3) is 0 Å². The molecule has 1 unspecified atom stereocenters. The van der Waals surface area contributed by atoms with Gasteiger partial charge in [0.25, 0.3) is 10.0 Å². The predicted molar refractivity (Wildman–Crippen MR) is 168 cm³/mol. The van der Waals surface area contributed by atoms with E-state index in [1.807, 2.05) is 67.6 Å². The van der Waals surface area contributed by atoms with E-state index in [4.69, 9.17) is 4.74 Å². The Kier molecular flexibility index (Phi) is 11.1. The Morgan fingerprint density at radius 3 is 2.00 bits per heavy atom.